The summed E-state index contributed by atoms with van der Waals surface area (Å²) in [5.74, 6) is -1.70. The van der Waals surface area contributed by atoms with E-state index in [1.165, 1.54) is 12.3 Å². The summed E-state index contributed by atoms with van der Waals surface area (Å²) in [7, 11) is 0. The van der Waals surface area contributed by atoms with Gasteiger partial charge in [0, 0.05) is 6.07 Å². The van der Waals surface area contributed by atoms with Crippen molar-refractivity contribution in [2.75, 3.05) is 5.43 Å². The molecule has 0 saturated carbocycles. The lowest BCUT2D eigenvalue weighted by molar-refractivity contribution is 0.509. The Morgan fingerprint density at radius 2 is 2.06 bits per heavy atom. The van der Waals surface area contributed by atoms with E-state index in [1.54, 1.807) is 0 Å². The normalized spacial score (nSPS) is 16.6. The van der Waals surface area contributed by atoms with E-state index in [-0.39, 0.29) is 5.84 Å². The zero-order chi connectivity index (χ0) is 11.5. The molecular weight excluding hydrogens is 216 g/mol. The number of rotatable bonds is 2. The zero-order valence-electron chi connectivity index (χ0n) is 7.98. The topological polar surface area (TPSA) is 75.1 Å². The van der Waals surface area contributed by atoms with Gasteiger partial charge in [-0.25, -0.2) is 8.78 Å². The standard InChI is InChI=1S/C9H7F2N5/c10-6-2-1-5(3-7(6)11)14-15-8-4-13-16-9(8)12/h1-4,14H,(H2,12,15,16). The monoisotopic (exact) mass is 223 g/mol. The molecule has 1 aromatic rings. The summed E-state index contributed by atoms with van der Waals surface area (Å²) in [5, 5.41) is 10.9. The van der Waals surface area contributed by atoms with Crippen molar-refractivity contribution >= 4 is 23.4 Å². The SMILES string of the molecule is NC1=NN=C/C1=N\Nc1ccc(F)c(F)c1. The predicted octanol–water partition coefficient (Wildman–Crippen LogP) is 1.09. The van der Waals surface area contributed by atoms with Gasteiger partial charge in [0.15, 0.2) is 17.5 Å². The molecule has 1 aliphatic heterocycles. The number of hydrogen-bond donors (Lipinski definition) is 2. The Bertz CT molecular complexity index is 507. The van der Waals surface area contributed by atoms with Crippen LogP contribution < -0.4 is 11.2 Å². The van der Waals surface area contributed by atoms with Crippen LogP contribution >= 0.6 is 0 Å². The van der Waals surface area contributed by atoms with Crippen molar-refractivity contribution in [1.82, 2.24) is 0 Å². The molecule has 0 aliphatic carbocycles. The Morgan fingerprint density at radius 1 is 1.25 bits per heavy atom. The van der Waals surface area contributed by atoms with Gasteiger partial charge in [-0.2, -0.15) is 10.2 Å². The first-order valence-electron chi connectivity index (χ1n) is 4.32. The molecule has 2 rings (SSSR count). The lowest BCUT2D eigenvalue weighted by Crippen LogP contribution is -2.22. The van der Waals surface area contributed by atoms with Gasteiger partial charge >= 0.3 is 0 Å². The fourth-order valence-electron chi connectivity index (χ4n) is 1.04. The van der Waals surface area contributed by atoms with Crippen LogP contribution in [0.15, 0.2) is 33.5 Å². The second-order valence-corrected chi connectivity index (χ2v) is 2.97. The van der Waals surface area contributed by atoms with Gasteiger partial charge < -0.3 is 5.73 Å². The predicted molar refractivity (Wildman–Crippen MR) is 57.5 cm³/mol. The van der Waals surface area contributed by atoms with Gasteiger partial charge in [0.2, 0.25) is 0 Å². The van der Waals surface area contributed by atoms with Gasteiger partial charge in [-0.05, 0) is 12.1 Å². The summed E-state index contributed by atoms with van der Waals surface area (Å²) in [6.07, 6.45) is 1.35. The molecule has 1 heterocycles. The minimum absolute atomic E-state index is 0.162. The van der Waals surface area contributed by atoms with Gasteiger partial charge in [-0.3, -0.25) is 5.43 Å². The van der Waals surface area contributed by atoms with Crippen LogP contribution in [0.5, 0.6) is 0 Å². The van der Waals surface area contributed by atoms with Gasteiger partial charge in [-0.15, -0.1) is 5.10 Å². The Balaban J connectivity index is 2.13. The number of nitrogens with zero attached hydrogens (tertiary/aromatic N) is 3. The molecule has 0 fully saturated rings. The maximum Gasteiger partial charge on any atom is 0.175 e. The molecule has 0 spiro atoms. The van der Waals surface area contributed by atoms with Crippen LogP contribution in [-0.4, -0.2) is 17.8 Å². The van der Waals surface area contributed by atoms with Crippen molar-refractivity contribution in [3.63, 3.8) is 0 Å². The summed E-state index contributed by atoms with van der Waals surface area (Å²) in [5.41, 5.74) is 8.57. The maximum absolute atomic E-state index is 12.8. The van der Waals surface area contributed by atoms with Crippen LogP contribution in [0.4, 0.5) is 14.5 Å². The third kappa shape index (κ3) is 2.02. The molecule has 1 aliphatic rings. The average molecular weight is 223 g/mol. The summed E-state index contributed by atoms with van der Waals surface area (Å²) >= 11 is 0. The number of nitrogens with two attached hydrogens (primary N) is 1. The number of benzene rings is 1. The van der Waals surface area contributed by atoms with Crippen molar-refractivity contribution in [1.29, 1.82) is 0 Å². The molecule has 1 aromatic carbocycles. The van der Waals surface area contributed by atoms with E-state index in [2.05, 4.69) is 20.7 Å². The number of hydrogen-bond acceptors (Lipinski definition) is 5. The summed E-state index contributed by atoms with van der Waals surface area (Å²) in [4.78, 5) is 0. The first kappa shape index (κ1) is 10.2. The highest BCUT2D eigenvalue weighted by atomic mass is 19.2. The van der Waals surface area contributed by atoms with E-state index < -0.39 is 11.6 Å². The molecule has 3 N–H and O–H groups in total. The first-order chi connectivity index (χ1) is 7.66. The van der Waals surface area contributed by atoms with Gasteiger partial charge in [0.25, 0.3) is 0 Å². The van der Waals surface area contributed by atoms with Crippen molar-refractivity contribution in [3.05, 3.63) is 29.8 Å². The maximum atomic E-state index is 12.8. The highest BCUT2D eigenvalue weighted by Gasteiger charge is 2.07. The van der Waals surface area contributed by atoms with Crippen LogP contribution in [0.2, 0.25) is 0 Å². The number of anilines is 1. The van der Waals surface area contributed by atoms with E-state index >= 15 is 0 Å². The molecule has 16 heavy (non-hydrogen) atoms. The van der Waals surface area contributed by atoms with Crippen LogP contribution in [0.25, 0.3) is 0 Å². The summed E-state index contributed by atoms with van der Waals surface area (Å²) in [6, 6.07) is 3.33. The second kappa shape index (κ2) is 4.05. The molecule has 0 bridgehead atoms. The molecule has 0 atom stereocenters. The molecule has 7 heteroatoms. The van der Waals surface area contributed by atoms with Gasteiger partial charge in [-0.1, -0.05) is 0 Å². The average Bonchev–Trinajstić information content (AvgIpc) is 2.66. The van der Waals surface area contributed by atoms with E-state index in [9.17, 15) is 8.78 Å². The first-order valence-corrected chi connectivity index (χ1v) is 4.32. The Morgan fingerprint density at radius 3 is 2.69 bits per heavy atom. The van der Waals surface area contributed by atoms with Crippen molar-refractivity contribution in [2.24, 2.45) is 21.0 Å². The largest absolute Gasteiger partial charge is 0.380 e. The highest BCUT2D eigenvalue weighted by Crippen LogP contribution is 2.12. The second-order valence-electron chi connectivity index (χ2n) is 2.97. The van der Waals surface area contributed by atoms with E-state index in [0.717, 1.165) is 12.1 Å². The highest BCUT2D eigenvalue weighted by molar-refractivity contribution is 6.63. The molecule has 5 nitrogen and oxygen atoms in total. The molecule has 82 valence electrons. The van der Waals surface area contributed by atoms with Gasteiger partial charge in [0.1, 0.15) is 5.71 Å². The summed E-state index contributed by atoms with van der Waals surface area (Å²) in [6.45, 7) is 0. The number of halogens is 2. The lowest BCUT2D eigenvalue weighted by atomic mass is 10.3. The third-order valence-corrected chi connectivity index (χ3v) is 1.83. The van der Waals surface area contributed by atoms with Crippen molar-refractivity contribution < 1.29 is 8.78 Å². The Hall–Kier alpha value is -2.31. The van der Waals surface area contributed by atoms with Crippen LogP contribution in [0.1, 0.15) is 0 Å². The smallest absolute Gasteiger partial charge is 0.175 e. The third-order valence-electron chi connectivity index (χ3n) is 1.83. The number of hydrazone groups is 1. The Kier molecular flexibility index (Phi) is 2.59. The van der Waals surface area contributed by atoms with E-state index in [1.807, 2.05) is 0 Å². The van der Waals surface area contributed by atoms with Crippen LogP contribution in [0.3, 0.4) is 0 Å². The van der Waals surface area contributed by atoms with Crippen LogP contribution in [-0.2, 0) is 0 Å². The van der Waals surface area contributed by atoms with E-state index in [4.69, 9.17) is 5.73 Å². The Labute approximate surface area is 89.4 Å². The minimum Gasteiger partial charge on any atom is -0.380 e. The van der Waals surface area contributed by atoms with Gasteiger partial charge in [0.05, 0.1) is 11.9 Å². The zero-order valence-corrected chi connectivity index (χ0v) is 7.98. The van der Waals surface area contributed by atoms with Crippen LogP contribution in [0, 0.1) is 11.6 Å². The number of nitrogens with one attached hydrogen (secondary N) is 1. The molecule has 0 radical (unpaired) electrons. The minimum atomic E-state index is -0.952. The molecular formula is C9H7F2N5. The summed E-state index contributed by atoms with van der Waals surface area (Å²) < 4.78 is 25.4. The molecule has 0 amide bonds. The molecule has 0 saturated heterocycles. The lowest BCUT2D eigenvalue weighted by Gasteiger charge is -2.01. The van der Waals surface area contributed by atoms with E-state index in [0.29, 0.717) is 11.4 Å². The van der Waals surface area contributed by atoms with Crippen molar-refractivity contribution in [3.8, 4) is 0 Å². The molecule has 0 aromatic heterocycles. The fraction of sp³-hybridized carbons (Fsp3) is 0. The quantitative estimate of drug-likeness (QED) is 0.736. The fourth-order valence-corrected chi connectivity index (χ4v) is 1.04. The molecule has 0 unspecified atom stereocenters. The number of amidine groups is 1. The van der Waals surface area contributed by atoms with Crippen molar-refractivity contribution in [2.45, 2.75) is 0 Å².